The van der Waals surface area contributed by atoms with Gasteiger partial charge in [0.15, 0.2) is 0 Å². The number of likely N-dealkylation sites (N-methyl/N-ethyl adjacent to an activating group) is 1. The summed E-state index contributed by atoms with van der Waals surface area (Å²) in [6.07, 6.45) is 0. The average molecular weight is 415 g/mol. The number of amides is 1. The van der Waals surface area contributed by atoms with Gasteiger partial charge in [-0.2, -0.15) is 14.5 Å². The summed E-state index contributed by atoms with van der Waals surface area (Å²) < 4.78 is 25.9. The van der Waals surface area contributed by atoms with Crippen molar-refractivity contribution in [1.82, 2.24) is 4.31 Å². The van der Waals surface area contributed by atoms with Crippen molar-refractivity contribution in [3.63, 3.8) is 0 Å². The molecule has 0 unspecified atom stereocenters. The molecule has 28 heavy (non-hydrogen) atoms. The SMILES string of the molecule is CN(CC(=O)Nc1ccc(N=Nc2ccccc2)cc1)S(=O)(=O)c1cccs1. The van der Waals surface area contributed by atoms with E-state index in [-0.39, 0.29) is 10.8 Å². The van der Waals surface area contributed by atoms with E-state index in [1.54, 1.807) is 35.7 Å². The van der Waals surface area contributed by atoms with Gasteiger partial charge in [0.2, 0.25) is 5.91 Å². The molecule has 0 radical (unpaired) electrons. The van der Waals surface area contributed by atoms with Crippen molar-refractivity contribution in [2.24, 2.45) is 10.2 Å². The molecule has 1 aromatic heterocycles. The zero-order valence-corrected chi connectivity index (χ0v) is 16.7. The number of azo groups is 1. The Morgan fingerprint density at radius 2 is 1.61 bits per heavy atom. The largest absolute Gasteiger partial charge is 0.325 e. The monoisotopic (exact) mass is 414 g/mol. The summed E-state index contributed by atoms with van der Waals surface area (Å²) in [5.41, 5.74) is 1.93. The van der Waals surface area contributed by atoms with Crippen molar-refractivity contribution in [3.8, 4) is 0 Å². The molecule has 0 fully saturated rings. The van der Waals surface area contributed by atoms with Crippen LogP contribution in [0, 0.1) is 0 Å². The first kappa shape index (κ1) is 19.9. The molecule has 9 heteroatoms. The van der Waals surface area contributed by atoms with Crippen LogP contribution in [0.3, 0.4) is 0 Å². The Morgan fingerprint density at radius 3 is 2.21 bits per heavy atom. The molecular weight excluding hydrogens is 396 g/mol. The molecule has 0 spiro atoms. The number of benzene rings is 2. The van der Waals surface area contributed by atoms with Crippen molar-refractivity contribution < 1.29 is 13.2 Å². The highest BCUT2D eigenvalue weighted by molar-refractivity contribution is 7.91. The molecule has 2 aromatic carbocycles. The van der Waals surface area contributed by atoms with E-state index >= 15 is 0 Å². The standard InChI is InChI=1S/C19H18N4O3S2/c1-23(28(25,26)19-8-5-13-27-19)14-18(24)20-15-9-11-17(12-10-15)22-21-16-6-3-2-4-7-16/h2-13H,14H2,1H3,(H,20,24). The highest BCUT2D eigenvalue weighted by atomic mass is 32.2. The molecule has 1 amide bonds. The lowest BCUT2D eigenvalue weighted by Gasteiger charge is -2.15. The fraction of sp³-hybridized carbons (Fsp3) is 0.105. The summed E-state index contributed by atoms with van der Waals surface area (Å²) in [6, 6.07) is 19.3. The zero-order chi connectivity index (χ0) is 20.0. The maximum Gasteiger partial charge on any atom is 0.252 e. The van der Waals surface area contributed by atoms with Gasteiger partial charge in [0.25, 0.3) is 10.0 Å². The van der Waals surface area contributed by atoms with Crippen LogP contribution in [0.1, 0.15) is 0 Å². The topological polar surface area (TPSA) is 91.2 Å². The fourth-order valence-corrected chi connectivity index (χ4v) is 4.60. The van der Waals surface area contributed by atoms with Gasteiger partial charge in [0, 0.05) is 12.7 Å². The van der Waals surface area contributed by atoms with Gasteiger partial charge in [-0.05, 0) is 47.8 Å². The number of anilines is 1. The minimum absolute atomic E-state index is 0.205. The first-order valence-corrected chi connectivity index (χ1v) is 10.6. The fourth-order valence-electron chi connectivity index (χ4n) is 2.27. The molecule has 0 bridgehead atoms. The maximum atomic E-state index is 12.3. The Labute approximate surface area is 167 Å². The molecule has 3 rings (SSSR count). The van der Waals surface area contributed by atoms with Crippen LogP contribution in [0.5, 0.6) is 0 Å². The number of carbonyl (C=O) groups is 1. The number of hydrogen-bond donors (Lipinski definition) is 1. The lowest BCUT2D eigenvalue weighted by atomic mass is 10.3. The van der Waals surface area contributed by atoms with Crippen LogP contribution in [0.25, 0.3) is 0 Å². The first-order valence-electron chi connectivity index (χ1n) is 8.32. The number of thiophene rings is 1. The number of rotatable bonds is 7. The van der Waals surface area contributed by atoms with E-state index in [1.807, 2.05) is 30.3 Å². The summed E-state index contributed by atoms with van der Waals surface area (Å²) in [7, 11) is -2.28. The Morgan fingerprint density at radius 1 is 0.964 bits per heavy atom. The van der Waals surface area contributed by atoms with Crippen molar-refractivity contribution in [3.05, 3.63) is 72.1 Å². The molecule has 144 valence electrons. The molecule has 0 saturated heterocycles. The summed E-state index contributed by atoms with van der Waals surface area (Å²) in [4.78, 5) is 12.2. The molecule has 0 aliphatic heterocycles. The third-order valence-electron chi connectivity index (χ3n) is 3.71. The van der Waals surface area contributed by atoms with Gasteiger partial charge in [-0.25, -0.2) is 8.42 Å². The third kappa shape index (κ3) is 5.10. The van der Waals surface area contributed by atoms with E-state index < -0.39 is 15.9 Å². The Balaban J connectivity index is 1.58. The molecular formula is C19H18N4O3S2. The quantitative estimate of drug-likeness (QED) is 0.580. The van der Waals surface area contributed by atoms with E-state index in [9.17, 15) is 13.2 Å². The van der Waals surface area contributed by atoms with Gasteiger partial charge in [0.05, 0.1) is 17.9 Å². The number of hydrogen-bond acceptors (Lipinski definition) is 6. The highest BCUT2D eigenvalue weighted by Gasteiger charge is 2.23. The second kappa shape index (κ2) is 8.87. The second-order valence-electron chi connectivity index (χ2n) is 5.82. The van der Waals surface area contributed by atoms with E-state index in [1.165, 1.54) is 13.1 Å². The number of sulfonamides is 1. The smallest absolute Gasteiger partial charge is 0.252 e. The first-order chi connectivity index (χ1) is 13.4. The average Bonchev–Trinajstić information content (AvgIpc) is 3.24. The number of nitrogens with one attached hydrogen (secondary N) is 1. The summed E-state index contributed by atoms with van der Waals surface area (Å²) in [5, 5.41) is 12.6. The van der Waals surface area contributed by atoms with Gasteiger partial charge in [-0.1, -0.05) is 24.3 Å². The molecule has 1 N–H and O–H groups in total. The van der Waals surface area contributed by atoms with Crippen molar-refractivity contribution in [1.29, 1.82) is 0 Å². The van der Waals surface area contributed by atoms with Gasteiger partial charge in [-0.3, -0.25) is 4.79 Å². The van der Waals surface area contributed by atoms with Crippen LogP contribution in [-0.2, 0) is 14.8 Å². The van der Waals surface area contributed by atoms with Crippen LogP contribution in [0.4, 0.5) is 17.1 Å². The molecule has 7 nitrogen and oxygen atoms in total. The maximum absolute atomic E-state index is 12.3. The molecule has 0 atom stereocenters. The van der Waals surface area contributed by atoms with E-state index in [2.05, 4.69) is 15.5 Å². The lowest BCUT2D eigenvalue weighted by molar-refractivity contribution is -0.116. The number of carbonyl (C=O) groups excluding carboxylic acids is 1. The van der Waals surface area contributed by atoms with Gasteiger partial charge in [0.1, 0.15) is 4.21 Å². The molecule has 3 aromatic rings. The van der Waals surface area contributed by atoms with Crippen molar-refractivity contribution in [2.75, 3.05) is 18.9 Å². The van der Waals surface area contributed by atoms with Crippen LogP contribution < -0.4 is 5.32 Å². The molecule has 0 saturated carbocycles. The van der Waals surface area contributed by atoms with Crippen molar-refractivity contribution >= 4 is 44.3 Å². The van der Waals surface area contributed by atoms with Crippen molar-refractivity contribution in [2.45, 2.75) is 4.21 Å². The van der Waals surface area contributed by atoms with Crippen LogP contribution in [0.2, 0.25) is 0 Å². The van der Waals surface area contributed by atoms with Crippen LogP contribution in [-0.4, -0.2) is 32.2 Å². The summed E-state index contributed by atoms with van der Waals surface area (Å²) in [5.74, 6) is -0.429. The second-order valence-corrected chi connectivity index (χ2v) is 9.04. The number of nitrogens with zero attached hydrogens (tertiary/aromatic N) is 3. The summed E-state index contributed by atoms with van der Waals surface area (Å²) in [6.45, 7) is -0.282. The van der Waals surface area contributed by atoms with Gasteiger partial charge < -0.3 is 5.32 Å². The minimum atomic E-state index is -3.66. The predicted octanol–water partition coefficient (Wildman–Crippen LogP) is 4.42. The minimum Gasteiger partial charge on any atom is -0.325 e. The molecule has 0 aliphatic carbocycles. The van der Waals surface area contributed by atoms with Crippen LogP contribution >= 0.6 is 11.3 Å². The summed E-state index contributed by atoms with van der Waals surface area (Å²) >= 11 is 1.11. The molecule has 1 heterocycles. The highest BCUT2D eigenvalue weighted by Crippen LogP contribution is 2.21. The van der Waals surface area contributed by atoms with E-state index in [0.29, 0.717) is 11.4 Å². The Bertz CT molecular complexity index is 1050. The lowest BCUT2D eigenvalue weighted by Crippen LogP contribution is -2.34. The Kier molecular flexibility index (Phi) is 6.30. The van der Waals surface area contributed by atoms with E-state index in [0.717, 1.165) is 21.3 Å². The zero-order valence-electron chi connectivity index (χ0n) is 15.0. The predicted molar refractivity (Wildman–Crippen MR) is 110 cm³/mol. The Hall–Kier alpha value is -2.88. The third-order valence-corrected chi connectivity index (χ3v) is 6.89. The molecule has 0 aliphatic rings. The van der Waals surface area contributed by atoms with E-state index in [4.69, 9.17) is 0 Å². The normalized spacial score (nSPS) is 11.8. The van der Waals surface area contributed by atoms with Crippen LogP contribution in [0.15, 0.2) is 86.5 Å². The van der Waals surface area contributed by atoms with Gasteiger partial charge in [-0.15, -0.1) is 11.3 Å². The van der Waals surface area contributed by atoms with Gasteiger partial charge >= 0.3 is 0 Å².